The van der Waals surface area contributed by atoms with E-state index in [4.69, 9.17) is 28.4 Å². The average Bonchev–Trinajstić information content (AvgIpc) is 2.92. The molecule has 2 amide bonds. The van der Waals surface area contributed by atoms with Crippen LogP contribution in [0.25, 0.3) is 0 Å². The number of esters is 1. The summed E-state index contributed by atoms with van der Waals surface area (Å²) in [7, 11) is 0. The van der Waals surface area contributed by atoms with Gasteiger partial charge in [-0.1, -0.05) is 0 Å². The van der Waals surface area contributed by atoms with Gasteiger partial charge >= 0.3 is 11.9 Å². The van der Waals surface area contributed by atoms with Gasteiger partial charge in [0.05, 0.1) is 31.0 Å². The Hall–Kier alpha value is -2.56. The Labute approximate surface area is 250 Å². The maximum atomic E-state index is 12.3. The zero-order chi connectivity index (χ0) is 33.1. The second-order valence-electron chi connectivity index (χ2n) is 11.0. The highest BCUT2D eigenvalue weighted by molar-refractivity contribution is 5.75. The second kappa shape index (κ2) is 14.7. The van der Waals surface area contributed by atoms with Crippen LogP contribution in [0.15, 0.2) is 0 Å². The number of carbonyl (C=O) groups is 4. The third-order valence-corrected chi connectivity index (χ3v) is 7.50. The smallest absolute Gasteiger partial charge is 0.364 e. The first-order valence-electron chi connectivity index (χ1n) is 13.8. The molecule has 3 aliphatic rings. The number of aliphatic hydroxyl groups is 6. The van der Waals surface area contributed by atoms with Crippen molar-refractivity contribution in [3.05, 3.63) is 0 Å². The molecule has 3 fully saturated rings. The molecule has 0 bridgehead atoms. The molecule has 3 rings (SSSR count). The first-order chi connectivity index (χ1) is 20.5. The number of amides is 2. The molecule has 3 aliphatic heterocycles. The van der Waals surface area contributed by atoms with E-state index in [0.717, 1.165) is 13.8 Å². The number of carbonyl (C=O) groups excluding carboxylic acids is 3. The van der Waals surface area contributed by atoms with Crippen LogP contribution in [0.1, 0.15) is 34.1 Å². The van der Waals surface area contributed by atoms with Gasteiger partial charge in [-0.2, -0.15) is 0 Å². The highest BCUT2D eigenvalue weighted by Crippen LogP contribution is 2.36. The van der Waals surface area contributed by atoms with Gasteiger partial charge in [0.2, 0.25) is 12.3 Å². The maximum Gasteiger partial charge on any atom is 0.364 e. The van der Waals surface area contributed by atoms with Gasteiger partial charge in [-0.15, -0.1) is 0 Å². The molecule has 0 radical (unpaired) electrons. The van der Waals surface area contributed by atoms with Crippen LogP contribution in [0.2, 0.25) is 0 Å². The fourth-order valence-corrected chi connectivity index (χ4v) is 5.33. The minimum absolute atomic E-state index is 0.172. The van der Waals surface area contributed by atoms with Gasteiger partial charge in [-0.05, 0) is 13.8 Å². The number of carboxylic acids is 1. The minimum Gasteiger partial charge on any atom is -0.477 e. The first kappa shape index (κ1) is 35.9. The van der Waals surface area contributed by atoms with Gasteiger partial charge in [-0.25, -0.2) is 4.79 Å². The molecule has 252 valence electrons. The average molecular weight is 641 g/mol. The predicted octanol–water partition coefficient (Wildman–Crippen LogP) is -5.20. The fraction of sp³-hybridized carbons (Fsp3) is 0.840. The monoisotopic (exact) mass is 640 g/mol. The maximum absolute atomic E-state index is 12.3. The van der Waals surface area contributed by atoms with Crippen LogP contribution in [-0.2, 0) is 47.6 Å². The van der Waals surface area contributed by atoms with Crippen LogP contribution in [0.4, 0.5) is 0 Å². The molecule has 0 aromatic rings. The molecular weight excluding hydrogens is 600 g/mol. The highest BCUT2D eigenvalue weighted by Gasteiger charge is 2.57. The first-order valence-corrected chi connectivity index (χ1v) is 13.8. The molecule has 0 spiro atoms. The lowest BCUT2D eigenvalue weighted by atomic mass is 9.89. The Kier molecular flexibility index (Phi) is 12.0. The lowest BCUT2D eigenvalue weighted by molar-refractivity contribution is -0.351. The van der Waals surface area contributed by atoms with E-state index >= 15 is 0 Å². The number of ether oxygens (including phenoxy) is 6. The fourth-order valence-electron chi connectivity index (χ4n) is 5.33. The zero-order valence-electron chi connectivity index (χ0n) is 24.3. The number of hydrogen-bond acceptors (Lipinski definition) is 16. The van der Waals surface area contributed by atoms with E-state index < -0.39 is 122 Å². The molecule has 44 heavy (non-hydrogen) atoms. The Bertz CT molecular complexity index is 1030. The van der Waals surface area contributed by atoms with Crippen LogP contribution in [-0.4, -0.2) is 158 Å². The lowest BCUT2D eigenvalue weighted by Gasteiger charge is -2.49. The zero-order valence-corrected chi connectivity index (χ0v) is 24.3. The lowest BCUT2D eigenvalue weighted by Crippen LogP contribution is -2.69. The van der Waals surface area contributed by atoms with Gasteiger partial charge < -0.3 is 74.8 Å². The van der Waals surface area contributed by atoms with Crippen LogP contribution < -0.4 is 10.6 Å². The largest absolute Gasteiger partial charge is 0.477 e. The Morgan fingerprint density at radius 2 is 1.68 bits per heavy atom. The summed E-state index contributed by atoms with van der Waals surface area (Å²) in [4.78, 5) is 47.4. The number of carboxylic acid groups (broad SMARTS) is 1. The summed E-state index contributed by atoms with van der Waals surface area (Å²) in [6.07, 6.45) is -19.4. The number of nitrogens with one attached hydrogen (secondary N) is 2. The van der Waals surface area contributed by atoms with E-state index in [-0.39, 0.29) is 6.41 Å². The molecule has 19 heteroatoms. The molecule has 19 nitrogen and oxygen atoms in total. The summed E-state index contributed by atoms with van der Waals surface area (Å²) in [6.45, 7) is 4.39. The molecular formula is C25H40N2O17. The van der Waals surface area contributed by atoms with Gasteiger partial charge in [0.1, 0.15) is 42.7 Å². The van der Waals surface area contributed by atoms with Crippen molar-refractivity contribution in [3.63, 3.8) is 0 Å². The predicted molar refractivity (Wildman–Crippen MR) is 138 cm³/mol. The van der Waals surface area contributed by atoms with Crippen molar-refractivity contribution in [2.75, 3.05) is 6.61 Å². The summed E-state index contributed by atoms with van der Waals surface area (Å²) in [6, 6.07) is -2.87. The van der Waals surface area contributed by atoms with Crippen molar-refractivity contribution in [1.82, 2.24) is 10.6 Å². The van der Waals surface area contributed by atoms with Gasteiger partial charge in [-0.3, -0.25) is 14.4 Å². The quantitative estimate of drug-likeness (QED) is 0.0753. The summed E-state index contributed by atoms with van der Waals surface area (Å²) in [5, 5.41) is 77.0. The van der Waals surface area contributed by atoms with Crippen molar-refractivity contribution in [1.29, 1.82) is 0 Å². The molecule has 3 saturated heterocycles. The highest BCUT2D eigenvalue weighted by atomic mass is 16.7. The van der Waals surface area contributed by atoms with E-state index in [2.05, 4.69) is 10.6 Å². The molecule has 0 unspecified atom stereocenters. The van der Waals surface area contributed by atoms with E-state index in [9.17, 15) is 54.9 Å². The van der Waals surface area contributed by atoms with E-state index in [1.165, 1.54) is 13.8 Å². The third kappa shape index (κ3) is 7.98. The minimum atomic E-state index is -2.98. The van der Waals surface area contributed by atoms with Gasteiger partial charge in [0, 0.05) is 20.3 Å². The molecule has 0 aromatic carbocycles. The molecule has 9 N–H and O–H groups in total. The van der Waals surface area contributed by atoms with Crippen LogP contribution >= 0.6 is 0 Å². The Balaban J connectivity index is 2.00. The number of aliphatic carboxylic acids is 1. The Morgan fingerprint density at radius 3 is 2.23 bits per heavy atom. The van der Waals surface area contributed by atoms with Crippen LogP contribution in [0, 0.1) is 0 Å². The SMILES string of the molecule is CC(=O)N[C@H]1[C@H](O[C@H]2C[C@@](O)(C(=O)O)O[C@@H]([C@@H](NC=O)[C@H](C)O)[C@H]2O)O[C@H](C)[C@H](OC(C)=O)[C@@H]1O[C@@H]1OC[C@@H](O)[C@H](O)[C@H]1O. The Morgan fingerprint density at radius 1 is 1.02 bits per heavy atom. The van der Waals surface area contributed by atoms with Crippen molar-refractivity contribution >= 4 is 24.3 Å². The third-order valence-electron chi connectivity index (χ3n) is 7.50. The summed E-state index contributed by atoms with van der Waals surface area (Å²) >= 11 is 0. The molecule has 0 saturated carbocycles. The van der Waals surface area contributed by atoms with Gasteiger partial charge in [0.25, 0.3) is 5.79 Å². The van der Waals surface area contributed by atoms with E-state index in [1.54, 1.807) is 0 Å². The molecule has 3 heterocycles. The van der Waals surface area contributed by atoms with Crippen LogP contribution in [0.5, 0.6) is 0 Å². The van der Waals surface area contributed by atoms with Crippen LogP contribution in [0.3, 0.4) is 0 Å². The molecule has 15 atom stereocenters. The normalized spacial score (nSPS) is 42.4. The van der Waals surface area contributed by atoms with E-state index in [0.29, 0.717) is 0 Å². The summed E-state index contributed by atoms with van der Waals surface area (Å²) < 4.78 is 33.7. The van der Waals surface area contributed by atoms with Crippen molar-refractivity contribution in [2.45, 2.75) is 126 Å². The van der Waals surface area contributed by atoms with Gasteiger partial charge in [0.15, 0.2) is 18.7 Å². The van der Waals surface area contributed by atoms with Crippen molar-refractivity contribution < 1.29 is 83.3 Å². The van der Waals surface area contributed by atoms with E-state index in [1.807, 2.05) is 0 Å². The molecule has 0 aliphatic carbocycles. The van der Waals surface area contributed by atoms with Crippen molar-refractivity contribution in [2.24, 2.45) is 0 Å². The molecule has 0 aromatic heterocycles. The number of hydrogen-bond donors (Lipinski definition) is 9. The summed E-state index contributed by atoms with van der Waals surface area (Å²) in [5.41, 5.74) is 0. The van der Waals surface area contributed by atoms with Crippen molar-refractivity contribution in [3.8, 4) is 0 Å². The number of aliphatic hydroxyl groups excluding tert-OH is 5. The topological polar surface area (TPSA) is 289 Å². The standard InChI is InChI=1S/C25H40N2O17/c1-8(29)14(26-7-28)20-17(34)13(5-25(38,44-20)24(36)37)42-22-15(27-10(3)30)21(19(9(2)40-22)41-11(4)31)43-23-18(35)16(33)12(32)6-39-23/h7-9,12-23,29,32-35,38H,5-6H2,1-4H3,(H,26,28)(H,27,30)(H,36,37)/t8-,9+,12+,13-,14-,15+,16-,17-,18+,19-,20-,21+,22-,23-,25-/m0/s1. The summed E-state index contributed by atoms with van der Waals surface area (Å²) in [5.74, 6) is -6.34. The number of rotatable bonds is 11. The second-order valence-corrected chi connectivity index (χ2v) is 11.0.